The van der Waals surface area contributed by atoms with E-state index in [1.54, 1.807) is 0 Å². The number of aryl methyl sites for hydroxylation is 6. The Labute approximate surface area is 222 Å². The van der Waals surface area contributed by atoms with Crippen molar-refractivity contribution in [3.8, 4) is 11.5 Å². The zero-order chi connectivity index (χ0) is 27.0. The molecular weight excluding hydrogens is 452 g/mol. The number of benzene rings is 4. The highest BCUT2D eigenvalue weighted by Gasteiger charge is 2.18. The molecule has 0 aliphatic carbocycles. The van der Waals surface area contributed by atoms with Gasteiger partial charge in [0.15, 0.2) is 0 Å². The van der Waals surface area contributed by atoms with Crippen LogP contribution in [0.1, 0.15) is 77.9 Å². The Balaban J connectivity index is 1.76. The maximum Gasteiger partial charge on any atom is 0.122 e. The number of aromatic hydroxyl groups is 2. The largest absolute Gasteiger partial charge is 0.507 e. The molecule has 0 saturated heterocycles. The summed E-state index contributed by atoms with van der Waals surface area (Å²) in [5.41, 5.74) is 16.0. The summed E-state index contributed by atoms with van der Waals surface area (Å²) in [5, 5.41) is 22.1. The van der Waals surface area contributed by atoms with Crippen LogP contribution in [0, 0.1) is 55.4 Å². The zero-order valence-corrected chi connectivity index (χ0v) is 23.6. The van der Waals surface area contributed by atoms with E-state index in [4.69, 9.17) is 0 Å². The average molecular weight is 493 g/mol. The molecule has 2 nitrogen and oxygen atoms in total. The molecule has 4 rings (SSSR count). The number of rotatable bonds is 6. The Morgan fingerprint density at radius 1 is 0.432 bits per heavy atom. The van der Waals surface area contributed by atoms with Gasteiger partial charge in [-0.3, -0.25) is 0 Å². The van der Waals surface area contributed by atoms with Crippen molar-refractivity contribution in [3.63, 3.8) is 0 Å². The lowest BCUT2D eigenvalue weighted by molar-refractivity contribution is 0.464. The summed E-state index contributed by atoms with van der Waals surface area (Å²) >= 11 is 0. The van der Waals surface area contributed by atoms with Crippen LogP contribution in [0.3, 0.4) is 0 Å². The van der Waals surface area contributed by atoms with Gasteiger partial charge in [-0.1, -0.05) is 59.7 Å². The molecule has 0 fully saturated rings. The number of phenols is 2. The molecule has 0 spiro atoms. The van der Waals surface area contributed by atoms with Crippen molar-refractivity contribution in [2.75, 3.05) is 0 Å². The third kappa shape index (κ3) is 5.44. The van der Waals surface area contributed by atoms with Crippen molar-refractivity contribution < 1.29 is 10.2 Å². The van der Waals surface area contributed by atoms with E-state index in [0.717, 1.165) is 39.8 Å². The Kier molecular flexibility index (Phi) is 7.50. The van der Waals surface area contributed by atoms with E-state index in [1.807, 2.05) is 13.8 Å². The van der Waals surface area contributed by atoms with Crippen molar-refractivity contribution in [3.05, 3.63) is 126 Å². The molecule has 0 amide bonds. The summed E-state index contributed by atoms with van der Waals surface area (Å²) < 4.78 is 0. The molecule has 0 radical (unpaired) electrons. The molecule has 4 aromatic rings. The van der Waals surface area contributed by atoms with Gasteiger partial charge < -0.3 is 10.2 Å². The molecule has 2 heteroatoms. The van der Waals surface area contributed by atoms with Crippen LogP contribution in [0.25, 0.3) is 0 Å². The van der Waals surface area contributed by atoms with E-state index in [9.17, 15) is 10.2 Å². The standard InChI is InChI=1S/C35H40O2/c1-20-9-11-22(3)28(13-20)18-32-26(7)30(15-24(5)34(32)36)17-31-16-25(6)35(37)33(27(31)8)19-29-14-21(2)10-12-23(29)4/h9-16,36-37H,17-19H2,1-8H3. The molecule has 4 aromatic carbocycles. The predicted molar refractivity (Wildman–Crippen MR) is 155 cm³/mol. The van der Waals surface area contributed by atoms with E-state index in [0.29, 0.717) is 24.3 Å². The molecule has 0 aliphatic heterocycles. The zero-order valence-electron chi connectivity index (χ0n) is 23.6. The van der Waals surface area contributed by atoms with Crippen LogP contribution in [-0.2, 0) is 19.3 Å². The summed E-state index contributed by atoms with van der Waals surface area (Å²) in [6.07, 6.45) is 2.19. The Morgan fingerprint density at radius 3 is 1.19 bits per heavy atom. The quantitative estimate of drug-likeness (QED) is 0.284. The minimum atomic E-state index is 0.399. The Hall–Kier alpha value is -3.52. The van der Waals surface area contributed by atoms with Gasteiger partial charge in [0.05, 0.1) is 0 Å². The summed E-state index contributed by atoms with van der Waals surface area (Å²) in [6.45, 7) is 16.8. The molecule has 0 atom stereocenters. The van der Waals surface area contributed by atoms with Crippen molar-refractivity contribution in [1.82, 2.24) is 0 Å². The fraction of sp³-hybridized carbons (Fsp3) is 0.314. The van der Waals surface area contributed by atoms with Crippen LogP contribution in [-0.4, -0.2) is 10.2 Å². The second kappa shape index (κ2) is 10.5. The SMILES string of the molecule is Cc1ccc(C)c(Cc2c(C)c(Cc3cc(C)c(O)c(Cc4cc(C)ccc4C)c3C)cc(C)c2O)c1. The molecule has 0 aliphatic rings. The van der Waals surface area contributed by atoms with Gasteiger partial charge in [-0.25, -0.2) is 0 Å². The molecule has 192 valence electrons. The summed E-state index contributed by atoms with van der Waals surface area (Å²) in [5.74, 6) is 0.799. The maximum absolute atomic E-state index is 11.0. The first-order valence-corrected chi connectivity index (χ1v) is 13.2. The summed E-state index contributed by atoms with van der Waals surface area (Å²) in [6, 6.07) is 17.3. The van der Waals surface area contributed by atoms with Gasteiger partial charge in [-0.15, -0.1) is 0 Å². The van der Waals surface area contributed by atoms with Crippen LogP contribution in [0.5, 0.6) is 11.5 Å². The second-order valence-electron chi connectivity index (χ2n) is 11.0. The number of hydrogen-bond donors (Lipinski definition) is 2. The lowest BCUT2D eigenvalue weighted by atomic mass is 9.86. The Morgan fingerprint density at radius 2 is 0.811 bits per heavy atom. The molecule has 0 saturated carbocycles. The van der Waals surface area contributed by atoms with Gasteiger partial charge >= 0.3 is 0 Å². The third-order valence-electron chi connectivity index (χ3n) is 8.09. The average Bonchev–Trinajstić information content (AvgIpc) is 2.85. The van der Waals surface area contributed by atoms with Crippen molar-refractivity contribution in [2.24, 2.45) is 0 Å². The highest BCUT2D eigenvalue weighted by molar-refractivity contribution is 5.56. The fourth-order valence-corrected chi connectivity index (χ4v) is 5.46. The van der Waals surface area contributed by atoms with E-state index in [2.05, 4.69) is 90.1 Å². The molecule has 0 aromatic heterocycles. The summed E-state index contributed by atoms with van der Waals surface area (Å²) in [7, 11) is 0. The topological polar surface area (TPSA) is 40.5 Å². The minimum absolute atomic E-state index is 0.399. The van der Waals surface area contributed by atoms with Crippen molar-refractivity contribution >= 4 is 0 Å². The molecule has 0 unspecified atom stereocenters. The van der Waals surface area contributed by atoms with Crippen molar-refractivity contribution in [1.29, 1.82) is 0 Å². The van der Waals surface area contributed by atoms with Crippen LogP contribution in [0.2, 0.25) is 0 Å². The van der Waals surface area contributed by atoms with Gasteiger partial charge in [0.1, 0.15) is 11.5 Å². The molecule has 2 N–H and O–H groups in total. The smallest absolute Gasteiger partial charge is 0.122 e. The second-order valence-corrected chi connectivity index (χ2v) is 11.0. The highest BCUT2D eigenvalue weighted by atomic mass is 16.3. The normalized spacial score (nSPS) is 11.2. The van der Waals surface area contributed by atoms with Gasteiger partial charge in [-0.2, -0.15) is 0 Å². The van der Waals surface area contributed by atoms with Crippen LogP contribution in [0.4, 0.5) is 0 Å². The van der Waals surface area contributed by atoms with E-state index in [1.165, 1.54) is 44.5 Å². The van der Waals surface area contributed by atoms with Gasteiger partial charge in [0.25, 0.3) is 0 Å². The minimum Gasteiger partial charge on any atom is -0.507 e. The molecule has 37 heavy (non-hydrogen) atoms. The lowest BCUT2D eigenvalue weighted by Gasteiger charge is -2.20. The third-order valence-corrected chi connectivity index (χ3v) is 8.09. The first kappa shape index (κ1) is 26.5. The van der Waals surface area contributed by atoms with Gasteiger partial charge in [0, 0.05) is 24.0 Å². The monoisotopic (exact) mass is 492 g/mol. The van der Waals surface area contributed by atoms with E-state index < -0.39 is 0 Å². The van der Waals surface area contributed by atoms with E-state index in [-0.39, 0.29) is 0 Å². The lowest BCUT2D eigenvalue weighted by Crippen LogP contribution is -2.05. The highest BCUT2D eigenvalue weighted by Crippen LogP contribution is 2.36. The molecule has 0 heterocycles. The first-order valence-electron chi connectivity index (χ1n) is 13.2. The van der Waals surface area contributed by atoms with Gasteiger partial charge in [-0.05, 0) is 117 Å². The molecule has 0 bridgehead atoms. The van der Waals surface area contributed by atoms with Crippen LogP contribution < -0.4 is 0 Å². The van der Waals surface area contributed by atoms with Crippen LogP contribution in [0.15, 0.2) is 48.5 Å². The predicted octanol–water partition coefficient (Wildman–Crippen LogP) is 8.34. The van der Waals surface area contributed by atoms with E-state index >= 15 is 0 Å². The fourth-order valence-electron chi connectivity index (χ4n) is 5.46. The summed E-state index contributed by atoms with van der Waals surface area (Å²) in [4.78, 5) is 0. The first-order chi connectivity index (χ1) is 17.5. The number of phenolic OH excluding ortho intramolecular Hbond substituents is 2. The van der Waals surface area contributed by atoms with Gasteiger partial charge in [0.2, 0.25) is 0 Å². The maximum atomic E-state index is 11.0. The molecular formula is C35H40O2. The van der Waals surface area contributed by atoms with Crippen molar-refractivity contribution in [2.45, 2.75) is 74.7 Å². The Bertz CT molecular complexity index is 1380. The van der Waals surface area contributed by atoms with Crippen LogP contribution >= 0.6 is 0 Å². The number of hydrogen-bond acceptors (Lipinski definition) is 2.